The Balaban J connectivity index is 1.62. The maximum Gasteiger partial charge on any atom is 0.279 e. The van der Waals surface area contributed by atoms with Crippen LogP contribution in [0, 0.1) is 5.82 Å². The molecule has 0 saturated heterocycles. The van der Waals surface area contributed by atoms with Crippen LogP contribution in [-0.4, -0.2) is 34.8 Å². The lowest BCUT2D eigenvalue weighted by atomic mass is 10.2. The summed E-state index contributed by atoms with van der Waals surface area (Å²) in [6.45, 7) is 0.838. The molecule has 4 rings (SSSR count). The maximum atomic E-state index is 13.5. The molecule has 1 N–H and O–H groups in total. The summed E-state index contributed by atoms with van der Waals surface area (Å²) in [6.07, 6.45) is 0. The summed E-state index contributed by atoms with van der Waals surface area (Å²) in [7, 11) is 0. The fourth-order valence-corrected chi connectivity index (χ4v) is 3.32. The third kappa shape index (κ3) is 3.46. The van der Waals surface area contributed by atoms with Crippen LogP contribution in [0.1, 0.15) is 10.5 Å². The highest BCUT2D eigenvalue weighted by Gasteiger charge is 2.27. The number of amides is 1. The number of rotatable bonds is 2. The number of benzene rings is 2. The van der Waals surface area contributed by atoms with E-state index in [-0.39, 0.29) is 11.6 Å². The van der Waals surface area contributed by atoms with E-state index >= 15 is 0 Å². The third-order valence-corrected chi connectivity index (χ3v) is 4.79. The first-order chi connectivity index (χ1) is 13.0. The Kier molecular flexibility index (Phi) is 4.68. The van der Waals surface area contributed by atoms with Crippen LogP contribution in [-0.2, 0) is 0 Å². The number of fused-ring (bicyclic) bond motifs is 1. The van der Waals surface area contributed by atoms with Crippen molar-refractivity contribution in [1.82, 2.24) is 9.88 Å². The smallest absolute Gasteiger partial charge is 0.279 e. The van der Waals surface area contributed by atoms with Gasteiger partial charge in [-0.3, -0.25) is 14.7 Å². The SMILES string of the molecule is O=C(c1ccc2ccc(F)cc2n1)N1CCN=C1Nc1c(Cl)cccc1Cl. The van der Waals surface area contributed by atoms with Crippen LogP contribution in [0.4, 0.5) is 10.1 Å². The minimum Gasteiger partial charge on any atom is -0.323 e. The summed E-state index contributed by atoms with van der Waals surface area (Å²) >= 11 is 12.4. The highest BCUT2D eigenvalue weighted by atomic mass is 35.5. The van der Waals surface area contributed by atoms with Gasteiger partial charge >= 0.3 is 0 Å². The molecule has 0 atom stereocenters. The van der Waals surface area contributed by atoms with E-state index in [1.54, 1.807) is 36.4 Å². The molecule has 2 heterocycles. The fourth-order valence-electron chi connectivity index (χ4n) is 2.83. The zero-order valence-corrected chi connectivity index (χ0v) is 15.4. The van der Waals surface area contributed by atoms with Crippen LogP contribution in [0.3, 0.4) is 0 Å². The highest BCUT2D eigenvalue weighted by Crippen LogP contribution is 2.30. The summed E-state index contributed by atoms with van der Waals surface area (Å²) in [5.41, 5.74) is 1.10. The van der Waals surface area contributed by atoms with Gasteiger partial charge < -0.3 is 5.32 Å². The lowest BCUT2D eigenvalue weighted by Crippen LogP contribution is -2.38. The second kappa shape index (κ2) is 7.13. The zero-order chi connectivity index (χ0) is 19.0. The normalized spacial score (nSPS) is 13.7. The Hall–Kier alpha value is -2.70. The topological polar surface area (TPSA) is 57.6 Å². The molecule has 0 aliphatic carbocycles. The molecule has 0 radical (unpaired) electrons. The predicted octanol–water partition coefficient (Wildman–Crippen LogP) is 4.60. The first kappa shape index (κ1) is 17.7. The van der Waals surface area contributed by atoms with Gasteiger partial charge in [0.05, 0.1) is 27.8 Å². The molecule has 136 valence electrons. The molecule has 1 aliphatic heterocycles. The van der Waals surface area contributed by atoms with Gasteiger partial charge in [0.2, 0.25) is 5.96 Å². The van der Waals surface area contributed by atoms with Gasteiger partial charge in [0.1, 0.15) is 11.5 Å². The molecule has 0 fully saturated rings. The van der Waals surface area contributed by atoms with Crippen LogP contribution < -0.4 is 5.32 Å². The molecule has 27 heavy (non-hydrogen) atoms. The van der Waals surface area contributed by atoms with Crippen molar-refractivity contribution >= 4 is 51.7 Å². The summed E-state index contributed by atoms with van der Waals surface area (Å²) < 4.78 is 13.5. The zero-order valence-electron chi connectivity index (χ0n) is 13.9. The van der Waals surface area contributed by atoms with E-state index in [2.05, 4.69) is 15.3 Å². The number of carbonyl (C=O) groups is 1. The Morgan fingerprint density at radius 3 is 2.63 bits per heavy atom. The molecular formula is C19H13Cl2FN4O. The Morgan fingerprint density at radius 1 is 1.11 bits per heavy atom. The molecule has 2 aromatic carbocycles. The molecule has 1 aliphatic rings. The number of pyridine rings is 1. The minimum absolute atomic E-state index is 0.203. The molecule has 8 heteroatoms. The van der Waals surface area contributed by atoms with Crippen molar-refractivity contribution in [3.05, 3.63) is 70.1 Å². The lowest BCUT2D eigenvalue weighted by Gasteiger charge is -2.20. The van der Waals surface area contributed by atoms with Gasteiger partial charge in [-0.1, -0.05) is 35.3 Å². The van der Waals surface area contributed by atoms with Gasteiger partial charge in [0.25, 0.3) is 5.91 Å². The van der Waals surface area contributed by atoms with E-state index in [1.807, 2.05) is 0 Å². The van der Waals surface area contributed by atoms with Crippen molar-refractivity contribution in [2.24, 2.45) is 4.99 Å². The van der Waals surface area contributed by atoms with Crippen molar-refractivity contribution in [3.63, 3.8) is 0 Å². The average Bonchev–Trinajstić information content (AvgIpc) is 3.12. The van der Waals surface area contributed by atoms with E-state index in [4.69, 9.17) is 23.2 Å². The third-order valence-electron chi connectivity index (χ3n) is 4.16. The van der Waals surface area contributed by atoms with Crippen molar-refractivity contribution in [2.45, 2.75) is 0 Å². The first-order valence-electron chi connectivity index (χ1n) is 8.16. The first-order valence-corrected chi connectivity index (χ1v) is 8.92. The van der Waals surface area contributed by atoms with Crippen LogP contribution in [0.2, 0.25) is 10.0 Å². The number of nitrogens with zero attached hydrogens (tertiary/aromatic N) is 3. The number of guanidine groups is 1. The van der Waals surface area contributed by atoms with Crippen molar-refractivity contribution < 1.29 is 9.18 Å². The van der Waals surface area contributed by atoms with Gasteiger partial charge in [-0.15, -0.1) is 0 Å². The van der Waals surface area contributed by atoms with Gasteiger partial charge in [-0.2, -0.15) is 0 Å². The summed E-state index contributed by atoms with van der Waals surface area (Å²) in [4.78, 5) is 23.0. The van der Waals surface area contributed by atoms with E-state index in [9.17, 15) is 9.18 Å². The minimum atomic E-state index is -0.405. The molecule has 1 aromatic heterocycles. The molecule has 0 spiro atoms. The summed E-state index contributed by atoms with van der Waals surface area (Å²) in [5.74, 6) is -0.401. The molecule has 0 unspecified atom stereocenters. The summed E-state index contributed by atoms with van der Waals surface area (Å²) in [5, 5.41) is 4.62. The van der Waals surface area contributed by atoms with Crippen molar-refractivity contribution in [1.29, 1.82) is 0 Å². The van der Waals surface area contributed by atoms with Gasteiger partial charge in [-0.05, 0) is 30.3 Å². The monoisotopic (exact) mass is 402 g/mol. The highest BCUT2D eigenvalue weighted by molar-refractivity contribution is 6.40. The molecule has 3 aromatic rings. The number of anilines is 1. The van der Waals surface area contributed by atoms with Gasteiger partial charge in [-0.25, -0.2) is 9.37 Å². The summed E-state index contributed by atoms with van der Waals surface area (Å²) in [6, 6.07) is 12.7. The van der Waals surface area contributed by atoms with Gasteiger partial charge in [0, 0.05) is 18.0 Å². The molecule has 5 nitrogen and oxygen atoms in total. The maximum absolute atomic E-state index is 13.5. The quantitative estimate of drug-likeness (QED) is 0.680. The molecular weight excluding hydrogens is 390 g/mol. The second-order valence-electron chi connectivity index (χ2n) is 5.92. The Morgan fingerprint density at radius 2 is 1.85 bits per heavy atom. The predicted molar refractivity (Wildman–Crippen MR) is 105 cm³/mol. The van der Waals surface area contributed by atoms with Crippen LogP contribution >= 0.6 is 23.2 Å². The van der Waals surface area contributed by atoms with Gasteiger partial charge in [0.15, 0.2) is 0 Å². The van der Waals surface area contributed by atoms with E-state index in [0.29, 0.717) is 40.3 Å². The molecule has 0 bridgehead atoms. The number of aliphatic imine (C=N–C) groups is 1. The van der Waals surface area contributed by atoms with E-state index in [0.717, 1.165) is 5.39 Å². The second-order valence-corrected chi connectivity index (χ2v) is 6.73. The number of halogens is 3. The largest absolute Gasteiger partial charge is 0.323 e. The Labute approximate surface area is 164 Å². The number of para-hydroxylation sites is 1. The lowest BCUT2D eigenvalue weighted by molar-refractivity contribution is 0.0852. The molecule has 1 amide bonds. The van der Waals surface area contributed by atoms with Crippen LogP contribution in [0.5, 0.6) is 0 Å². The van der Waals surface area contributed by atoms with Crippen LogP contribution in [0.25, 0.3) is 10.9 Å². The number of carbonyl (C=O) groups excluding carboxylic acids is 1. The van der Waals surface area contributed by atoms with Crippen molar-refractivity contribution in [2.75, 3.05) is 18.4 Å². The average molecular weight is 403 g/mol. The number of aromatic nitrogens is 1. The van der Waals surface area contributed by atoms with E-state index < -0.39 is 5.82 Å². The molecule has 0 saturated carbocycles. The Bertz CT molecular complexity index is 1070. The fraction of sp³-hybridized carbons (Fsp3) is 0.105. The number of hydrogen-bond acceptors (Lipinski definition) is 4. The van der Waals surface area contributed by atoms with Crippen LogP contribution in [0.15, 0.2) is 53.5 Å². The number of hydrogen-bond donors (Lipinski definition) is 1. The standard InChI is InChI=1S/C19H13Cl2FN4O/c20-13-2-1-3-14(21)17(13)25-19-23-8-9-26(19)18(27)15-7-5-11-4-6-12(22)10-16(11)24-15/h1-7,10H,8-9H2,(H,23,25). The number of nitrogens with one attached hydrogen (secondary N) is 1. The van der Waals surface area contributed by atoms with E-state index in [1.165, 1.54) is 17.0 Å². The van der Waals surface area contributed by atoms with Crippen molar-refractivity contribution in [3.8, 4) is 0 Å².